The van der Waals surface area contributed by atoms with Crippen LogP contribution in [0.25, 0.3) is 5.57 Å². The Kier molecular flexibility index (Phi) is 7.85. The van der Waals surface area contributed by atoms with E-state index in [1.165, 1.54) is 43.2 Å². The van der Waals surface area contributed by atoms with Crippen LogP contribution in [-0.2, 0) is 11.2 Å². The van der Waals surface area contributed by atoms with Gasteiger partial charge in [0.05, 0.1) is 13.2 Å². The summed E-state index contributed by atoms with van der Waals surface area (Å²) in [6.45, 7) is 6.25. The van der Waals surface area contributed by atoms with Crippen molar-refractivity contribution in [2.75, 3.05) is 19.8 Å². The van der Waals surface area contributed by atoms with Gasteiger partial charge in [0.15, 0.2) is 0 Å². The third-order valence-electron chi connectivity index (χ3n) is 9.01. The minimum absolute atomic E-state index is 0.0550. The number of hydrogen-bond donors (Lipinski definition) is 0. The number of ether oxygens (including phenoxy) is 2. The third kappa shape index (κ3) is 5.83. The lowest BCUT2D eigenvalue weighted by Gasteiger charge is -2.38. The Balaban J connectivity index is 1.19. The van der Waals surface area contributed by atoms with Gasteiger partial charge in [-0.25, -0.2) is 0 Å². The molecule has 0 N–H and O–H groups in total. The predicted molar refractivity (Wildman–Crippen MR) is 156 cm³/mol. The number of fused-ring (bicyclic) bond motifs is 1. The molecule has 1 amide bonds. The fraction of sp³-hybridized carbons (Fsp3) is 0.471. The molecule has 1 saturated heterocycles. The summed E-state index contributed by atoms with van der Waals surface area (Å²) in [6, 6.07) is 16.5. The molecule has 5 heteroatoms. The van der Waals surface area contributed by atoms with Crippen molar-refractivity contribution in [1.29, 1.82) is 0 Å². The van der Waals surface area contributed by atoms with Crippen LogP contribution in [0.2, 0.25) is 0 Å². The molecule has 2 atom stereocenters. The summed E-state index contributed by atoms with van der Waals surface area (Å²) in [6.07, 6.45) is 12.9. The molecule has 3 heterocycles. The minimum Gasteiger partial charge on any atom is -0.494 e. The first-order chi connectivity index (χ1) is 19.2. The second-order valence-corrected chi connectivity index (χ2v) is 11.6. The first kappa shape index (κ1) is 25.9. The Morgan fingerprint density at radius 3 is 2.74 bits per heavy atom. The average Bonchev–Trinajstić information content (AvgIpc) is 3.46. The number of nitrogens with zero attached hydrogens (tertiary/aromatic N) is 2. The monoisotopic (exact) mass is 524 g/mol. The van der Waals surface area contributed by atoms with E-state index in [2.05, 4.69) is 43.1 Å². The standard InChI is InChI=1S/C34H40N2O3/c1-24-14-17-36(29(20-24)16-19-38-30-12-13-32-27(21-30)15-18-39-32)34(37)33-31(26-10-6-3-7-11-26)22-28(23-35-33)25-8-4-2-5-9-25/h3,6-7,10-13,21,23,25,28-29H,1-2,4-5,8-9,14-20,22H2/t28?,29-/m1/s1. The zero-order valence-corrected chi connectivity index (χ0v) is 22.9. The molecule has 0 aromatic heterocycles. The SMILES string of the molecule is C=C1CCN(C(=O)C2=C(c3ccccc3)CC(C3CCCCC3)C=N2)[C@H](CCOc2ccc3c(c2)CCO3)C1. The van der Waals surface area contributed by atoms with Gasteiger partial charge in [0, 0.05) is 43.1 Å². The number of rotatable bonds is 7. The van der Waals surface area contributed by atoms with Crippen molar-refractivity contribution >= 4 is 17.7 Å². The van der Waals surface area contributed by atoms with Crippen LogP contribution in [0.5, 0.6) is 11.5 Å². The maximum absolute atomic E-state index is 14.2. The van der Waals surface area contributed by atoms with Crippen LogP contribution in [0.4, 0.5) is 0 Å². The van der Waals surface area contributed by atoms with Gasteiger partial charge in [0.25, 0.3) is 5.91 Å². The Morgan fingerprint density at radius 2 is 1.90 bits per heavy atom. The molecule has 2 fully saturated rings. The molecule has 3 aliphatic heterocycles. The van der Waals surface area contributed by atoms with Gasteiger partial charge in [-0.1, -0.05) is 61.7 Å². The molecule has 5 nitrogen and oxygen atoms in total. The molecule has 0 radical (unpaired) electrons. The van der Waals surface area contributed by atoms with Gasteiger partial charge in [0.1, 0.15) is 17.2 Å². The molecule has 1 aliphatic carbocycles. The summed E-state index contributed by atoms with van der Waals surface area (Å²) < 4.78 is 11.8. The molecule has 2 aromatic carbocycles. The van der Waals surface area contributed by atoms with Crippen molar-refractivity contribution in [3.05, 3.63) is 77.5 Å². The van der Waals surface area contributed by atoms with Crippen LogP contribution < -0.4 is 9.47 Å². The maximum Gasteiger partial charge on any atom is 0.273 e. The van der Waals surface area contributed by atoms with Crippen molar-refractivity contribution in [2.24, 2.45) is 16.8 Å². The van der Waals surface area contributed by atoms with Crippen LogP contribution in [-0.4, -0.2) is 42.8 Å². The molecule has 204 valence electrons. The number of carbonyl (C=O) groups is 1. The molecular weight excluding hydrogens is 484 g/mol. The number of benzene rings is 2. The maximum atomic E-state index is 14.2. The van der Waals surface area contributed by atoms with E-state index in [1.807, 2.05) is 23.1 Å². The van der Waals surface area contributed by atoms with Crippen LogP contribution in [0.1, 0.15) is 68.9 Å². The van der Waals surface area contributed by atoms with Crippen LogP contribution >= 0.6 is 0 Å². The highest BCUT2D eigenvalue weighted by atomic mass is 16.5. The number of carbonyl (C=O) groups excluding carboxylic acids is 1. The Morgan fingerprint density at radius 1 is 1.05 bits per heavy atom. The highest BCUT2D eigenvalue weighted by Gasteiger charge is 2.34. The highest BCUT2D eigenvalue weighted by Crippen LogP contribution is 2.39. The van der Waals surface area contributed by atoms with Crippen LogP contribution in [0, 0.1) is 11.8 Å². The lowest BCUT2D eigenvalue weighted by molar-refractivity contribution is -0.130. The summed E-state index contributed by atoms with van der Waals surface area (Å²) in [5.41, 5.74) is 5.28. The molecule has 2 aromatic rings. The van der Waals surface area contributed by atoms with Crippen molar-refractivity contribution in [3.8, 4) is 11.5 Å². The van der Waals surface area contributed by atoms with Crippen molar-refractivity contribution in [3.63, 3.8) is 0 Å². The van der Waals surface area contributed by atoms with E-state index in [0.29, 0.717) is 30.7 Å². The lowest BCUT2D eigenvalue weighted by Crippen LogP contribution is -2.46. The zero-order valence-electron chi connectivity index (χ0n) is 22.9. The normalized spacial score (nSPS) is 23.5. The van der Waals surface area contributed by atoms with E-state index in [0.717, 1.165) is 61.3 Å². The summed E-state index contributed by atoms with van der Waals surface area (Å²) in [4.78, 5) is 21.1. The van der Waals surface area contributed by atoms with Gasteiger partial charge in [-0.3, -0.25) is 9.79 Å². The number of aliphatic imine (C=N–C) groups is 1. The summed E-state index contributed by atoms with van der Waals surface area (Å²) in [5.74, 6) is 2.97. The summed E-state index contributed by atoms with van der Waals surface area (Å²) >= 11 is 0. The molecule has 0 bridgehead atoms. The molecule has 4 aliphatic rings. The first-order valence-corrected chi connectivity index (χ1v) is 14.8. The Bertz CT molecular complexity index is 1260. The third-order valence-corrected chi connectivity index (χ3v) is 9.01. The van der Waals surface area contributed by atoms with Crippen LogP contribution in [0.3, 0.4) is 0 Å². The van der Waals surface area contributed by atoms with Gasteiger partial charge in [-0.15, -0.1) is 0 Å². The van der Waals surface area contributed by atoms with Crippen molar-refractivity contribution < 1.29 is 14.3 Å². The van der Waals surface area contributed by atoms with Gasteiger partial charge in [0.2, 0.25) is 0 Å². The molecule has 1 unspecified atom stereocenters. The van der Waals surface area contributed by atoms with E-state index in [1.54, 1.807) is 0 Å². The molecular formula is C34H40N2O3. The van der Waals surface area contributed by atoms with Gasteiger partial charge in [-0.05, 0) is 67.4 Å². The number of allylic oxidation sites excluding steroid dienone is 1. The second kappa shape index (κ2) is 11.8. The number of likely N-dealkylation sites (tertiary alicyclic amines) is 1. The minimum atomic E-state index is 0.0550. The fourth-order valence-corrected chi connectivity index (χ4v) is 6.80. The predicted octanol–water partition coefficient (Wildman–Crippen LogP) is 7.02. The quantitative estimate of drug-likeness (QED) is 0.366. The molecule has 0 spiro atoms. The molecule has 1 saturated carbocycles. The highest BCUT2D eigenvalue weighted by molar-refractivity contribution is 6.03. The van der Waals surface area contributed by atoms with E-state index >= 15 is 0 Å². The van der Waals surface area contributed by atoms with Gasteiger partial charge < -0.3 is 14.4 Å². The lowest BCUT2D eigenvalue weighted by atomic mass is 9.76. The number of amides is 1. The second-order valence-electron chi connectivity index (χ2n) is 11.6. The molecule has 39 heavy (non-hydrogen) atoms. The fourth-order valence-electron chi connectivity index (χ4n) is 6.80. The zero-order chi connectivity index (χ0) is 26.6. The Labute approximate surface area is 232 Å². The first-order valence-electron chi connectivity index (χ1n) is 14.8. The van der Waals surface area contributed by atoms with Gasteiger partial charge >= 0.3 is 0 Å². The van der Waals surface area contributed by atoms with E-state index in [-0.39, 0.29) is 11.9 Å². The topological polar surface area (TPSA) is 51.1 Å². The van der Waals surface area contributed by atoms with Gasteiger partial charge in [-0.2, -0.15) is 0 Å². The van der Waals surface area contributed by atoms with Crippen molar-refractivity contribution in [2.45, 2.75) is 70.3 Å². The summed E-state index contributed by atoms with van der Waals surface area (Å²) in [5, 5.41) is 0. The van der Waals surface area contributed by atoms with Crippen molar-refractivity contribution in [1.82, 2.24) is 4.90 Å². The molecule has 6 rings (SSSR count). The van der Waals surface area contributed by atoms with E-state index < -0.39 is 0 Å². The average molecular weight is 525 g/mol. The number of hydrogen-bond acceptors (Lipinski definition) is 4. The summed E-state index contributed by atoms with van der Waals surface area (Å²) in [7, 11) is 0. The largest absolute Gasteiger partial charge is 0.494 e. The smallest absolute Gasteiger partial charge is 0.273 e. The van der Waals surface area contributed by atoms with E-state index in [4.69, 9.17) is 14.5 Å². The number of piperidine rings is 1. The van der Waals surface area contributed by atoms with Crippen LogP contribution in [0.15, 0.2) is 71.4 Å². The Hall–Kier alpha value is -3.34. The van der Waals surface area contributed by atoms with E-state index in [9.17, 15) is 4.79 Å².